The van der Waals surface area contributed by atoms with Gasteiger partial charge < -0.3 is 20.5 Å². The average Bonchev–Trinajstić information content (AvgIpc) is 3.01. The Balaban J connectivity index is 1.71. The Morgan fingerprint density at radius 2 is 1.94 bits per heavy atom. The van der Waals surface area contributed by atoms with Gasteiger partial charge in [-0.15, -0.1) is 0 Å². The molecular formula is C21H18FN3O6S. The number of nitrogens with one attached hydrogen (secondary N) is 1. The van der Waals surface area contributed by atoms with Gasteiger partial charge in [0.25, 0.3) is 17.1 Å². The maximum absolute atomic E-state index is 13.7. The first-order valence-corrected chi connectivity index (χ1v) is 9.99. The lowest BCUT2D eigenvalue weighted by Crippen LogP contribution is -2.36. The maximum atomic E-state index is 13.7. The van der Waals surface area contributed by atoms with Crippen molar-refractivity contribution in [3.05, 3.63) is 58.8 Å². The molecule has 2 aromatic carbocycles. The first-order valence-electron chi connectivity index (χ1n) is 9.17. The molecule has 9 nitrogen and oxygen atoms in total. The zero-order valence-electron chi connectivity index (χ0n) is 16.8. The monoisotopic (exact) mass is 459 g/mol. The Labute approximate surface area is 186 Å². The maximum Gasteiger partial charge on any atom is 0.294 e. The Morgan fingerprint density at radius 1 is 1.19 bits per heavy atom. The summed E-state index contributed by atoms with van der Waals surface area (Å²) in [6.45, 7) is -0.886. The van der Waals surface area contributed by atoms with Gasteiger partial charge >= 0.3 is 0 Å². The number of nitrogens with zero attached hydrogens (tertiary/aromatic N) is 1. The molecule has 3 N–H and O–H groups in total. The summed E-state index contributed by atoms with van der Waals surface area (Å²) in [4.78, 5) is 48.8. The van der Waals surface area contributed by atoms with E-state index in [4.69, 9.17) is 15.2 Å². The summed E-state index contributed by atoms with van der Waals surface area (Å²) in [5.41, 5.74) is 5.53. The highest BCUT2D eigenvalue weighted by molar-refractivity contribution is 8.18. The van der Waals surface area contributed by atoms with Gasteiger partial charge in [-0.1, -0.05) is 18.2 Å². The van der Waals surface area contributed by atoms with E-state index >= 15 is 0 Å². The van der Waals surface area contributed by atoms with Gasteiger partial charge in [0.1, 0.15) is 12.4 Å². The summed E-state index contributed by atoms with van der Waals surface area (Å²) in [6.07, 6.45) is 1.46. The van der Waals surface area contributed by atoms with Gasteiger partial charge in [0, 0.05) is 0 Å². The molecule has 1 aliphatic heterocycles. The molecular weight excluding hydrogens is 441 g/mol. The molecule has 0 bridgehead atoms. The number of halogens is 1. The van der Waals surface area contributed by atoms with Crippen LogP contribution in [0.15, 0.2) is 47.4 Å². The van der Waals surface area contributed by atoms with Gasteiger partial charge in [-0.2, -0.15) is 0 Å². The fourth-order valence-electron chi connectivity index (χ4n) is 2.73. The predicted octanol–water partition coefficient (Wildman–Crippen LogP) is 2.37. The van der Waals surface area contributed by atoms with Crippen molar-refractivity contribution in [1.29, 1.82) is 0 Å². The van der Waals surface area contributed by atoms with E-state index in [1.165, 1.54) is 37.5 Å². The molecule has 166 valence electrons. The van der Waals surface area contributed by atoms with E-state index in [1.807, 2.05) is 0 Å². The van der Waals surface area contributed by atoms with Crippen molar-refractivity contribution in [3.63, 3.8) is 0 Å². The highest BCUT2D eigenvalue weighted by Gasteiger charge is 2.36. The predicted molar refractivity (Wildman–Crippen MR) is 115 cm³/mol. The lowest BCUT2D eigenvalue weighted by atomic mass is 10.2. The van der Waals surface area contributed by atoms with Gasteiger partial charge in [-0.25, -0.2) is 4.39 Å². The van der Waals surface area contributed by atoms with E-state index < -0.39 is 35.3 Å². The molecule has 0 aliphatic carbocycles. The second-order valence-electron chi connectivity index (χ2n) is 6.46. The van der Waals surface area contributed by atoms with Crippen molar-refractivity contribution in [3.8, 4) is 11.5 Å². The molecule has 0 atom stereocenters. The van der Waals surface area contributed by atoms with E-state index in [9.17, 15) is 23.6 Å². The topological polar surface area (TPSA) is 128 Å². The van der Waals surface area contributed by atoms with Gasteiger partial charge in [-0.3, -0.25) is 24.1 Å². The summed E-state index contributed by atoms with van der Waals surface area (Å²) in [5, 5.41) is 1.71. The number of rotatable bonds is 8. The number of primary amides is 1. The van der Waals surface area contributed by atoms with Crippen LogP contribution < -0.4 is 20.5 Å². The molecule has 3 rings (SSSR count). The van der Waals surface area contributed by atoms with Crippen LogP contribution in [0.2, 0.25) is 0 Å². The van der Waals surface area contributed by atoms with Crippen LogP contribution in [-0.2, 0) is 14.4 Å². The number of para-hydroxylation sites is 1. The zero-order valence-corrected chi connectivity index (χ0v) is 17.6. The van der Waals surface area contributed by atoms with Crippen molar-refractivity contribution in [2.45, 2.75) is 0 Å². The number of carbonyl (C=O) groups excluding carboxylic acids is 4. The van der Waals surface area contributed by atoms with Crippen molar-refractivity contribution in [2.75, 3.05) is 25.6 Å². The summed E-state index contributed by atoms with van der Waals surface area (Å²) in [6, 6.07) is 10.2. The Morgan fingerprint density at radius 3 is 2.62 bits per heavy atom. The Hall–Kier alpha value is -3.86. The largest absolute Gasteiger partial charge is 0.493 e. The smallest absolute Gasteiger partial charge is 0.294 e. The van der Waals surface area contributed by atoms with Crippen LogP contribution in [0.3, 0.4) is 0 Å². The van der Waals surface area contributed by atoms with Gasteiger partial charge in [0.05, 0.1) is 17.7 Å². The van der Waals surface area contributed by atoms with Crippen LogP contribution in [0.1, 0.15) is 5.56 Å². The van der Waals surface area contributed by atoms with E-state index in [2.05, 4.69) is 5.32 Å². The number of nitrogens with two attached hydrogens (primary N) is 1. The highest BCUT2D eigenvalue weighted by atomic mass is 32.2. The van der Waals surface area contributed by atoms with Crippen molar-refractivity contribution in [1.82, 2.24) is 4.90 Å². The molecule has 0 radical (unpaired) electrons. The van der Waals surface area contributed by atoms with E-state index in [1.54, 1.807) is 18.2 Å². The number of imide groups is 1. The molecule has 4 amide bonds. The van der Waals surface area contributed by atoms with Crippen molar-refractivity contribution >= 4 is 46.5 Å². The number of hydrogen-bond donors (Lipinski definition) is 2. The number of ether oxygens (including phenoxy) is 2. The normalized spacial score (nSPS) is 14.6. The lowest BCUT2D eigenvalue weighted by Gasteiger charge is -2.12. The second kappa shape index (κ2) is 9.96. The van der Waals surface area contributed by atoms with Gasteiger partial charge in [0.15, 0.2) is 18.1 Å². The van der Waals surface area contributed by atoms with Crippen LogP contribution in [-0.4, -0.2) is 48.1 Å². The number of amides is 4. The molecule has 1 saturated heterocycles. The SMILES string of the molecule is COc1cc(/C=C2\SC(=O)N(CC(=O)Nc3ccccc3F)C2=O)ccc1OCC(N)=O. The van der Waals surface area contributed by atoms with Gasteiger partial charge in [-0.05, 0) is 47.7 Å². The van der Waals surface area contributed by atoms with Gasteiger partial charge in [0.2, 0.25) is 5.91 Å². The number of hydrogen-bond acceptors (Lipinski definition) is 7. The third-order valence-electron chi connectivity index (χ3n) is 4.18. The molecule has 1 fully saturated rings. The lowest BCUT2D eigenvalue weighted by molar-refractivity contribution is -0.127. The van der Waals surface area contributed by atoms with Crippen LogP contribution in [0.4, 0.5) is 14.9 Å². The first kappa shape index (κ1) is 22.8. The molecule has 2 aromatic rings. The van der Waals surface area contributed by atoms with E-state index in [-0.39, 0.29) is 22.9 Å². The summed E-state index contributed by atoms with van der Waals surface area (Å²) in [7, 11) is 1.40. The fraction of sp³-hybridized carbons (Fsp3) is 0.143. The Kier molecular flexibility index (Phi) is 7.11. The number of methoxy groups -OCH3 is 1. The third kappa shape index (κ3) is 5.43. The number of carbonyl (C=O) groups is 4. The van der Waals surface area contributed by atoms with Crippen LogP contribution in [0.25, 0.3) is 6.08 Å². The molecule has 0 saturated carbocycles. The molecule has 1 heterocycles. The second-order valence-corrected chi connectivity index (χ2v) is 7.45. The van der Waals surface area contributed by atoms with E-state index in [0.717, 1.165) is 4.90 Å². The molecule has 32 heavy (non-hydrogen) atoms. The highest BCUT2D eigenvalue weighted by Crippen LogP contribution is 2.34. The number of thioether (sulfide) groups is 1. The summed E-state index contributed by atoms with van der Waals surface area (Å²) >= 11 is 0.671. The quantitative estimate of drug-likeness (QED) is 0.580. The number of anilines is 1. The number of benzene rings is 2. The molecule has 0 spiro atoms. The molecule has 11 heteroatoms. The zero-order chi connectivity index (χ0) is 23.3. The van der Waals surface area contributed by atoms with Crippen molar-refractivity contribution < 1.29 is 33.0 Å². The fourth-order valence-corrected chi connectivity index (χ4v) is 3.56. The van der Waals surface area contributed by atoms with E-state index in [0.29, 0.717) is 23.1 Å². The molecule has 0 aromatic heterocycles. The first-order chi connectivity index (χ1) is 15.3. The summed E-state index contributed by atoms with van der Waals surface area (Å²) < 4.78 is 24.1. The minimum Gasteiger partial charge on any atom is -0.493 e. The molecule has 1 aliphatic rings. The van der Waals surface area contributed by atoms with Crippen LogP contribution in [0, 0.1) is 5.82 Å². The minimum atomic E-state index is -0.712. The third-order valence-corrected chi connectivity index (χ3v) is 5.09. The van der Waals surface area contributed by atoms with Crippen LogP contribution >= 0.6 is 11.8 Å². The Bertz CT molecular complexity index is 1120. The minimum absolute atomic E-state index is 0.0502. The standard InChI is InChI=1S/C21H18FN3O6S/c1-30-16-8-12(6-7-15(16)31-11-18(23)26)9-17-20(28)25(21(29)32-17)10-19(27)24-14-5-3-2-4-13(14)22/h2-9H,10-11H2,1H3,(H2,23,26)(H,24,27)/b17-9-. The molecule has 0 unspecified atom stereocenters. The van der Waals surface area contributed by atoms with Crippen molar-refractivity contribution in [2.24, 2.45) is 5.73 Å². The van der Waals surface area contributed by atoms with Crippen LogP contribution in [0.5, 0.6) is 11.5 Å². The summed E-state index contributed by atoms with van der Waals surface area (Å²) in [5.74, 6) is -2.08. The average molecular weight is 459 g/mol.